The van der Waals surface area contributed by atoms with Crippen molar-refractivity contribution in [3.63, 3.8) is 0 Å². The number of carbonyl (C=O) groups is 2. The summed E-state index contributed by atoms with van der Waals surface area (Å²) in [5.74, 6) is -0.430. The van der Waals surface area contributed by atoms with Crippen LogP contribution in [-0.4, -0.2) is 30.0 Å². The molecule has 0 fully saturated rings. The molecule has 1 aromatic carbocycles. The van der Waals surface area contributed by atoms with E-state index in [0.717, 1.165) is 11.8 Å². The fourth-order valence-electron chi connectivity index (χ4n) is 1.78. The van der Waals surface area contributed by atoms with Gasteiger partial charge in [-0.05, 0) is 30.3 Å². The van der Waals surface area contributed by atoms with Crippen molar-refractivity contribution >= 4 is 22.8 Å². The molecule has 0 atom stereocenters. The van der Waals surface area contributed by atoms with E-state index in [2.05, 4.69) is 0 Å². The minimum absolute atomic E-state index is 0.0754. The van der Waals surface area contributed by atoms with Gasteiger partial charge >= 0.3 is 0 Å². The maximum absolute atomic E-state index is 13.5. The second kappa shape index (κ2) is 4.49. The third-order valence-corrected chi connectivity index (χ3v) is 3.76. The Labute approximate surface area is 103 Å². The molecule has 3 nitrogen and oxygen atoms in total. The lowest BCUT2D eigenvalue weighted by Gasteiger charge is -2.11. The van der Waals surface area contributed by atoms with Crippen LogP contribution < -0.4 is 0 Å². The van der Waals surface area contributed by atoms with Gasteiger partial charge in [-0.1, -0.05) is 0 Å². The van der Waals surface area contributed by atoms with Crippen LogP contribution in [-0.2, 0) is 6.42 Å². The Bertz CT molecular complexity index is 500. The van der Waals surface area contributed by atoms with Crippen molar-refractivity contribution in [3.05, 3.63) is 29.1 Å². The summed E-state index contributed by atoms with van der Waals surface area (Å²) in [6.07, 6.45) is 0.768. The molecule has 0 heterocycles. The normalized spacial score (nSPS) is 13.7. The molecule has 0 aliphatic heterocycles. The highest BCUT2D eigenvalue weighted by atomic mass is 32.2. The summed E-state index contributed by atoms with van der Waals surface area (Å²) in [5, 5.41) is -0.168. The van der Waals surface area contributed by atoms with Crippen LogP contribution in [0.15, 0.2) is 17.0 Å². The average molecular weight is 253 g/mol. The lowest BCUT2D eigenvalue weighted by Crippen LogP contribution is -2.16. The van der Waals surface area contributed by atoms with Crippen LogP contribution in [0.5, 0.6) is 0 Å². The number of amides is 1. The highest BCUT2D eigenvalue weighted by molar-refractivity contribution is 8.13. The van der Waals surface area contributed by atoms with Gasteiger partial charge in [-0.25, -0.2) is 4.39 Å². The summed E-state index contributed by atoms with van der Waals surface area (Å²) in [6, 6.07) is 2.83. The van der Waals surface area contributed by atoms with Crippen LogP contribution in [0.25, 0.3) is 0 Å². The third kappa shape index (κ3) is 2.20. The van der Waals surface area contributed by atoms with E-state index in [1.54, 1.807) is 14.1 Å². The molecule has 0 bridgehead atoms. The lowest BCUT2D eigenvalue weighted by molar-refractivity contribution is 0.0992. The number of hydrogen-bond donors (Lipinski definition) is 0. The van der Waals surface area contributed by atoms with Gasteiger partial charge in [-0.15, -0.1) is 0 Å². The fourth-order valence-corrected chi connectivity index (χ4v) is 2.63. The van der Waals surface area contributed by atoms with Gasteiger partial charge in [0.1, 0.15) is 5.82 Å². The SMILES string of the molecule is CN(C)C(=O)Sc1ccc(F)c2c1C(=O)CC2. The van der Waals surface area contributed by atoms with E-state index in [9.17, 15) is 14.0 Å². The average Bonchev–Trinajstić information content (AvgIpc) is 2.66. The Morgan fingerprint density at radius 3 is 2.71 bits per heavy atom. The second-order valence-corrected chi connectivity index (χ2v) is 5.08. The highest BCUT2D eigenvalue weighted by Gasteiger charge is 2.27. The molecule has 90 valence electrons. The molecule has 0 saturated heterocycles. The highest BCUT2D eigenvalue weighted by Crippen LogP contribution is 2.34. The van der Waals surface area contributed by atoms with Gasteiger partial charge in [0.2, 0.25) is 0 Å². The fraction of sp³-hybridized carbons (Fsp3) is 0.333. The van der Waals surface area contributed by atoms with Crippen LogP contribution in [0.1, 0.15) is 22.3 Å². The van der Waals surface area contributed by atoms with E-state index < -0.39 is 0 Å². The Morgan fingerprint density at radius 2 is 2.06 bits per heavy atom. The minimum Gasteiger partial charge on any atom is -0.339 e. The van der Waals surface area contributed by atoms with E-state index in [1.165, 1.54) is 17.0 Å². The Hall–Kier alpha value is -1.36. The number of halogens is 1. The maximum Gasteiger partial charge on any atom is 0.285 e. The largest absolute Gasteiger partial charge is 0.339 e. The Morgan fingerprint density at radius 1 is 1.35 bits per heavy atom. The zero-order valence-corrected chi connectivity index (χ0v) is 10.4. The first-order chi connectivity index (χ1) is 8.00. The van der Waals surface area contributed by atoms with Crippen molar-refractivity contribution in [2.24, 2.45) is 0 Å². The smallest absolute Gasteiger partial charge is 0.285 e. The van der Waals surface area contributed by atoms with E-state index in [0.29, 0.717) is 28.9 Å². The second-order valence-electron chi connectivity index (χ2n) is 4.08. The quantitative estimate of drug-likeness (QED) is 0.722. The van der Waals surface area contributed by atoms with Gasteiger partial charge < -0.3 is 4.90 Å². The predicted octanol–water partition coefficient (Wildman–Crippen LogP) is 2.73. The van der Waals surface area contributed by atoms with Crippen molar-refractivity contribution < 1.29 is 14.0 Å². The van der Waals surface area contributed by atoms with Gasteiger partial charge in [-0.2, -0.15) is 0 Å². The number of ketones is 1. The maximum atomic E-state index is 13.5. The summed E-state index contributed by atoms with van der Waals surface area (Å²) in [7, 11) is 3.28. The molecule has 5 heteroatoms. The van der Waals surface area contributed by atoms with Crippen molar-refractivity contribution in [1.29, 1.82) is 0 Å². The van der Waals surface area contributed by atoms with Crippen LogP contribution in [0.4, 0.5) is 9.18 Å². The topological polar surface area (TPSA) is 37.4 Å². The molecule has 2 rings (SSSR count). The van der Waals surface area contributed by atoms with Gasteiger partial charge in [0.05, 0.1) is 0 Å². The van der Waals surface area contributed by atoms with Crippen molar-refractivity contribution in [2.75, 3.05) is 14.1 Å². The number of Topliss-reactive ketones (excluding diaryl/α,β-unsaturated/α-hetero) is 1. The Kier molecular flexibility index (Phi) is 3.19. The lowest BCUT2D eigenvalue weighted by atomic mass is 10.1. The third-order valence-electron chi connectivity index (χ3n) is 2.66. The molecule has 1 aliphatic carbocycles. The molecule has 17 heavy (non-hydrogen) atoms. The monoisotopic (exact) mass is 253 g/mol. The van der Waals surface area contributed by atoms with E-state index >= 15 is 0 Å². The zero-order chi connectivity index (χ0) is 12.6. The molecule has 0 unspecified atom stereocenters. The number of carbonyl (C=O) groups excluding carboxylic acids is 2. The van der Waals surface area contributed by atoms with Crippen LogP contribution >= 0.6 is 11.8 Å². The summed E-state index contributed by atoms with van der Waals surface area (Å²) < 4.78 is 13.5. The molecule has 0 spiro atoms. The predicted molar refractivity (Wildman–Crippen MR) is 64.0 cm³/mol. The first-order valence-corrected chi connectivity index (χ1v) is 6.06. The van der Waals surface area contributed by atoms with Gasteiger partial charge in [0.25, 0.3) is 5.24 Å². The van der Waals surface area contributed by atoms with Gasteiger partial charge in [-0.3, -0.25) is 9.59 Å². The Balaban J connectivity index is 2.40. The minimum atomic E-state index is -0.354. The standard InChI is InChI=1S/C12H12FNO2S/c1-14(2)12(16)17-10-6-4-8(13)7-3-5-9(15)11(7)10/h4,6H,3,5H2,1-2H3. The van der Waals surface area contributed by atoms with E-state index in [1.807, 2.05) is 0 Å². The molecule has 0 radical (unpaired) electrons. The van der Waals surface area contributed by atoms with Crippen molar-refractivity contribution in [3.8, 4) is 0 Å². The number of nitrogens with zero attached hydrogens (tertiary/aromatic N) is 1. The molecule has 0 N–H and O–H groups in total. The summed E-state index contributed by atoms with van der Waals surface area (Å²) in [6.45, 7) is 0. The molecule has 0 aromatic heterocycles. The number of hydrogen-bond acceptors (Lipinski definition) is 3. The van der Waals surface area contributed by atoms with Crippen LogP contribution in [0.3, 0.4) is 0 Å². The van der Waals surface area contributed by atoms with Crippen molar-refractivity contribution in [1.82, 2.24) is 4.90 Å². The summed E-state index contributed by atoms with van der Waals surface area (Å²) >= 11 is 0.969. The van der Waals surface area contributed by atoms with Crippen LogP contribution in [0, 0.1) is 5.82 Å². The van der Waals surface area contributed by atoms with E-state index in [-0.39, 0.29) is 16.8 Å². The van der Waals surface area contributed by atoms with Crippen LogP contribution in [0.2, 0.25) is 0 Å². The molecule has 0 saturated carbocycles. The first kappa shape index (κ1) is 12.1. The summed E-state index contributed by atoms with van der Waals surface area (Å²) in [4.78, 5) is 25.3. The number of thioether (sulfide) groups is 1. The molecule has 1 aromatic rings. The molecule has 1 aliphatic rings. The molecular formula is C12H12FNO2S. The number of rotatable bonds is 1. The number of benzene rings is 1. The molecule has 1 amide bonds. The van der Waals surface area contributed by atoms with Crippen molar-refractivity contribution in [2.45, 2.75) is 17.7 Å². The van der Waals surface area contributed by atoms with Gasteiger partial charge in [0.15, 0.2) is 5.78 Å². The van der Waals surface area contributed by atoms with Gasteiger partial charge in [0, 0.05) is 36.5 Å². The number of fused-ring (bicyclic) bond motifs is 1. The van der Waals surface area contributed by atoms with E-state index in [4.69, 9.17) is 0 Å². The first-order valence-electron chi connectivity index (χ1n) is 5.24. The summed E-state index contributed by atoms with van der Waals surface area (Å²) in [5.41, 5.74) is 0.844. The molecular weight excluding hydrogens is 241 g/mol. The zero-order valence-electron chi connectivity index (χ0n) is 9.62.